The number of hydrogen-bond acceptors (Lipinski definition) is 5. The molecule has 2 heterocycles. The normalized spacial score (nSPS) is 14.5. The molecule has 174 valence electrons. The van der Waals surface area contributed by atoms with Crippen LogP contribution < -0.4 is 15.8 Å². The number of benzene rings is 2. The third-order valence-electron chi connectivity index (χ3n) is 5.50. The summed E-state index contributed by atoms with van der Waals surface area (Å²) in [5.41, 5.74) is -0.0810. The van der Waals surface area contributed by atoms with E-state index >= 15 is 0 Å². The van der Waals surface area contributed by atoms with Gasteiger partial charge in [-0.1, -0.05) is 18.2 Å². The lowest BCUT2D eigenvalue weighted by Crippen LogP contribution is -2.36. The van der Waals surface area contributed by atoms with Gasteiger partial charge in [0.25, 0.3) is 5.56 Å². The summed E-state index contributed by atoms with van der Waals surface area (Å²) >= 11 is 0. The maximum Gasteiger partial charge on any atom is 0.416 e. The standard InChI is InChI=1S/C23H23F3N4O3/c24-23(25,26)18-13-16(30-9-11-33-12-10-30)6-5-15(18)14-27-21(31)8-7-20-28-19-4-2-1-3-17(19)22(32)29-20/h1-6,13H,7-12,14H2,(H,27,31)(H,28,29,32). The van der Waals surface area contributed by atoms with Crippen LogP contribution in [0.4, 0.5) is 18.9 Å². The van der Waals surface area contributed by atoms with Crippen molar-refractivity contribution in [3.8, 4) is 0 Å². The highest BCUT2D eigenvalue weighted by atomic mass is 19.4. The molecule has 0 aliphatic carbocycles. The zero-order valence-corrected chi connectivity index (χ0v) is 17.7. The molecule has 0 spiro atoms. The average Bonchev–Trinajstić information content (AvgIpc) is 2.81. The maximum absolute atomic E-state index is 13.7. The number of ether oxygens (including phenoxy) is 1. The Kier molecular flexibility index (Phi) is 6.64. The number of hydrogen-bond donors (Lipinski definition) is 2. The molecule has 2 N–H and O–H groups in total. The lowest BCUT2D eigenvalue weighted by atomic mass is 10.0. The minimum absolute atomic E-state index is 0.00917. The van der Waals surface area contributed by atoms with Gasteiger partial charge in [-0.05, 0) is 29.8 Å². The number of aromatic nitrogens is 2. The molecule has 0 saturated carbocycles. The summed E-state index contributed by atoms with van der Waals surface area (Å²) in [6, 6.07) is 11.0. The summed E-state index contributed by atoms with van der Waals surface area (Å²) in [6.07, 6.45) is -4.40. The summed E-state index contributed by atoms with van der Waals surface area (Å²) in [5, 5.41) is 2.99. The van der Waals surface area contributed by atoms with Crippen LogP contribution in [0.2, 0.25) is 0 Å². The summed E-state index contributed by atoms with van der Waals surface area (Å²) in [6.45, 7) is 1.74. The zero-order chi connectivity index (χ0) is 23.4. The van der Waals surface area contributed by atoms with Crippen molar-refractivity contribution in [1.82, 2.24) is 15.3 Å². The molecule has 1 aliphatic rings. The van der Waals surface area contributed by atoms with Crippen LogP contribution in [0.25, 0.3) is 10.9 Å². The largest absolute Gasteiger partial charge is 0.416 e. The SMILES string of the molecule is O=C(CCc1nc2ccccc2c(=O)[nH]1)NCc1ccc(N2CCOCC2)cc1C(F)(F)F. The Morgan fingerprint density at radius 2 is 1.91 bits per heavy atom. The molecule has 1 aromatic heterocycles. The number of halogens is 3. The first-order valence-corrected chi connectivity index (χ1v) is 10.6. The van der Waals surface area contributed by atoms with E-state index < -0.39 is 17.6 Å². The third kappa shape index (κ3) is 5.51. The van der Waals surface area contributed by atoms with Crippen LogP contribution >= 0.6 is 0 Å². The van der Waals surface area contributed by atoms with E-state index in [0.717, 1.165) is 6.07 Å². The number of para-hydroxylation sites is 1. The van der Waals surface area contributed by atoms with E-state index in [4.69, 9.17) is 4.74 Å². The van der Waals surface area contributed by atoms with Crippen molar-refractivity contribution in [2.24, 2.45) is 0 Å². The van der Waals surface area contributed by atoms with Gasteiger partial charge in [0.1, 0.15) is 5.82 Å². The van der Waals surface area contributed by atoms with Gasteiger partial charge in [0.2, 0.25) is 5.91 Å². The molecule has 7 nitrogen and oxygen atoms in total. The topological polar surface area (TPSA) is 87.3 Å². The number of H-pyrrole nitrogens is 1. The number of amides is 1. The van der Waals surface area contributed by atoms with Crippen molar-refractivity contribution in [2.75, 3.05) is 31.2 Å². The van der Waals surface area contributed by atoms with Crippen molar-refractivity contribution in [2.45, 2.75) is 25.6 Å². The second-order valence-electron chi connectivity index (χ2n) is 7.75. The highest BCUT2D eigenvalue weighted by Gasteiger charge is 2.34. The first-order valence-electron chi connectivity index (χ1n) is 10.6. The molecule has 33 heavy (non-hydrogen) atoms. The number of morpholine rings is 1. The molecule has 0 radical (unpaired) electrons. The molecule has 2 aromatic carbocycles. The highest BCUT2D eigenvalue weighted by molar-refractivity contribution is 5.78. The summed E-state index contributed by atoms with van der Waals surface area (Å²) in [7, 11) is 0. The molecular formula is C23H23F3N4O3. The molecule has 0 atom stereocenters. The average molecular weight is 460 g/mol. The van der Waals surface area contributed by atoms with Crippen LogP contribution in [0.15, 0.2) is 47.3 Å². The number of aromatic amines is 1. The first kappa shape index (κ1) is 22.8. The summed E-state index contributed by atoms with van der Waals surface area (Å²) < 4.78 is 46.2. The molecule has 4 rings (SSSR count). The number of nitrogens with zero attached hydrogens (tertiary/aromatic N) is 2. The molecule has 0 unspecified atom stereocenters. The molecule has 1 fully saturated rings. The minimum Gasteiger partial charge on any atom is -0.378 e. The molecule has 1 amide bonds. The van der Waals surface area contributed by atoms with E-state index in [0.29, 0.717) is 48.7 Å². The van der Waals surface area contributed by atoms with Crippen molar-refractivity contribution in [3.05, 3.63) is 69.8 Å². The number of alkyl halides is 3. The number of nitrogens with one attached hydrogen (secondary N) is 2. The van der Waals surface area contributed by atoms with Gasteiger partial charge in [-0.25, -0.2) is 4.98 Å². The lowest BCUT2D eigenvalue weighted by molar-refractivity contribution is -0.138. The molecule has 10 heteroatoms. The van der Waals surface area contributed by atoms with Gasteiger partial charge in [0.15, 0.2) is 0 Å². The van der Waals surface area contributed by atoms with E-state index in [1.54, 1.807) is 30.3 Å². The van der Waals surface area contributed by atoms with E-state index in [-0.39, 0.29) is 30.5 Å². The van der Waals surface area contributed by atoms with Crippen molar-refractivity contribution < 1.29 is 22.7 Å². The van der Waals surface area contributed by atoms with E-state index in [1.165, 1.54) is 6.07 Å². The Balaban J connectivity index is 1.40. The Labute approximate surface area is 187 Å². The Morgan fingerprint density at radius 1 is 1.15 bits per heavy atom. The van der Waals surface area contributed by atoms with E-state index in [2.05, 4.69) is 15.3 Å². The number of carbonyl (C=O) groups excluding carboxylic acids is 1. The number of carbonyl (C=O) groups is 1. The van der Waals surface area contributed by atoms with Gasteiger partial charge in [0.05, 0.1) is 29.7 Å². The highest BCUT2D eigenvalue weighted by Crippen LogP contribution is 2.35. The van der Waals surface area contributed by atoms with Crippen LogP contribution in [0.1, 0.15) is 23.4 Å². The van der Waals surface area contributed by atoms with Crippen LogP contribution in [-0.2, 0) is 28.7 Å². The van der Waals surface area contributed by atoms with Crippen molar-refractivity contribution in [1.29, 1.82) is 0 Å². The quantitative estimate of drug-likeness (QED) is 0.591. The number of aryl methyl sites for hydroxylation is 1. The molecular weight excluding hydrogens is 437 g/mol. The van der Waals surface area contributed by atoms with Crippen LogP contribution in [0.3, 0.4) is 0 Å². The predicted octanol–water partition coefficient (Wildman–Crippen LogP) is 3.03. The Hall–Kier alpha value is -3.40. The van der Waals surface area contributed by atoms with Gasteiger partial charge < -0.3 is 19.9 Å². The van der Waals surface area contributed by atoms with Gasteiger partial charge in [-0.15, -0.1) is 0 Å². The molecule has 1 saturated heterocycles. The second kappa shape index (κ2) is 9.62. The van der Waals surface area contributed by atoms with Crippen LogP contribution in [-0.4, -0.2) is 42.2 Å². The predicted molar refractivity (Wildman–Crippen MR) is 117 cm³/mol. The van der Waals surface area contributed by atoms with Crippen LogP contribution in [0, 0.1) is 0 Å². The van der Waals surface area contributed by atoms with Crippen LogP contribution in [0.5, 0.6) is 0 Å². The van der Waals surface area contributed by atoms with Crippen molar-refractivity contribution in [3.63, 3.8) is 0 Å². The van der Waals surface area contributed by atoms with Gasteiger partial charge >= 0.3 is 6.18 Å². The molecule has 1 aliphatic heterocycles. The molecule has 0 bridgehead atoms. The monoisotopic (exact) mass is 460 g/mol. The fourth-order valence-electron chi connectivity index (χ4n) is 3.77. The van der Waals surface area contributed by atoms with Crippen molar-refractivity contribution >= 4 is 22.5 Å². The summed E-state index contributed by atoms with van der Waals surface area (Å²) in [5.74, 6) is -0.0871. The fraction of sp³-hybridized carbons (Fsp3) is 0.348. The molecule has 3 aromatic rings. The van der Waals surface area contributed by atoms with Gasteiger partial charge in [-0.2, -0.15) is 13.2 Å². The zero-order valence-electron chi connectivity index (χ0n) is 17.7. The second-order valence-corrected chi connectivity index (χ2v) is 7.75. The third-order valence-corrected chi connectivity index (χ3v) is 5.50. The summed E-state index contributed by atoms with van der Waals surface area (Å²) in [4.78, 5) is 33.2. The lowest BCUT2D eigenvalue weighted by Gasteiger charge is -2.29. The number of fused-ring (bicyclic) bond motifs is 1. The maximum atomic E-state index is 13.7. The van der Waals surface area contributed by atoms with E-state index in [1.807, 2.05) is 4.90 Å². The number of rotatable bonds is 6. The minimum atomic E-state index is -4.54. The Bertz CT molecular complexity index is 1200. The fourth-order valence-corrected chi connectivity index (χ4v) is 3.77. The number of anilines is 1. The Morgan fingerprint density at radius 3 is 2.67 bits per heavy atom. The first-order chi connectivity index (χ1) is 15.8. The smallest absolute Gasteiger partial charge is 0.378 e. The van der Waals surface area contributed by atoms with Gasteiger partial charge in [-0.3, -0.25) is 9.59 Å². The van der Waals surface area contributed by atoms with E-state index in [9.17, 15) is 22.8 Å². The van der Waals surface area contributed by atoms with Gasteiger partial charge in [0, 0.05) is 38.2 Å².